The molecule has 0 saturated heterocycles. The summed E-state index contributed by atoms with van der Waals surface area (Å²) in [5.41, 5.74) is 23.7. The second-order valence-electron chi connectivity index (χ2n) is 22.8. The van der Waals surface area contributed by atoms with Crippen molar-refractivity contribution in [3.05, 3.63) is 179 Å². The average Bonchev–Trinajstić information content (AvgIpc) is 4.17. The van der Waals surface area contributed by atoms with Crippen molar-refractivity contribution in [2.45, 2.75) is 78.1 Å². The molecule has 1 aliphatic carbocycles. The van der Waals surface area contributed by atoms with Crippen LogP contribution in [-0.2, 0) is 22.7 Å². The van der Waals surface area contributed by atoms with Crippen molar-refractivity contribution in [3.63, 3.8) is 0 Å². The largest absolute Gasteiger partial charge is 0.493 e. The van der Waals surface area contributed by atoms with Gasteiger partial charge in [0.15, 0.2) is 11.5 Å². The Labute approximate surface area is 416 Å². The Morgan fingerprint density at radius 1 is 0.507 bits per heavy atom. The third kappa shape index (κ3) is 6.34. The van der Waals surface area contributed by atoms with Crippen molar-refractivity contribution < 1.29 is 18.6 Å². The van der Waals surface area contributed by atoms with Gasteiger partial charge in [-0.2, -0.15) is 0 Å². The molecule has 0 unspecified atom stereocenters. The maximum Gasteiger partial charge on any atom is 0.252 e. The molecule has 4 aliphatic heterocycles. The number of anilines is 6. The van der Waals surface area contributed by atoms with Gasteiger partial charge in [0.25, 0.3) is 6.71 Å². The Kier molecular flexibility index (Phi) is 8.75. The van der Waals surface area contributed by atoms with Crippen molar-refractivity contribution in [2.24, 2.45) is 0 Å². The molecule has 0 spiro atoms. The highest BCUT2D eigenvalue weighted by Gasteiger charge is 2.45. The fraction of sp³-hybridized carbons (Fsp3) is 0.219. The number of para-hydroxylation sites is 1. The van der Waals surface area contributed by atoms with E-state index in [1.165, 1.54) is 72.3 Å². The maximum atomic E-state index is 6.41. The molecular weight excluding hydrogens is 872 g/mol. The number of nitrogens with zero attached hydrogens (tertiary/aromatic N) is 2. The third-order valence-corrected chi connectivity index (χ3v) is 16.1. The van der Waals surface area contributed by atoms with E-state index in [4.69, 9.17) is 18.6 Å². The topological polar surface area (TPSA) is 47.3 Å². The molecule has 6 nitrogen and oxygen atoms in total. The maximum absolute atomic E-state index is 6.41. The summed E-state index contributed by atoms with van der Waals surface area (Å²) in [4.78, 5) is 5.02. The molecule has 0 radical (unpaired) electrons. The molecule has 1 aromatic heterocycles. The van der Waals surface area contributed by atoms with Crippen LogP contribution in [0.3, 0.4) is 0 Å². The van der Waals surface area contributed by atoms with Crippen molar-refractivity contribution >= 4 is 68.2 Å². The Hall–Kier alpha value is -7.64. The van der Waals surface area contributed by atoms with E-state index < -0.39 is 0 Å². The van der Waals surface area contributed by atoms with Gasteiger partial charge < -0.3 is 28.4 Å². The van der Waals surface area contributed by atoms with E-state index >= 15 is 0 Å². The molecule has 8 aromatic carbocycles. The van der Waals surface area contributed by atoms with Crippen molar-refractivity contribution in [1.82, 2.24) is 0 Å². The second kappa shape index (κ2) is 14.7. The lowest BCUT2D eigenvalue weighted by Gasteiger charge is -2.45. The Balaban J connectivity index is 1.01. The predicted molar refractivity (Wildman–Crippen MR) is 291 cm³/mol. The fourth-order valence-electron chi connectivity index (χ4n) is 12.2. The predicted octanol–water partition coefficient (Wildman–Crippen LogP) is 14.4. The van der Waals surface area contributed by atoms with Gasteiger partial charge in [0.2, 0.25) is 6.79 Å². The second-order valence-corrected chi connectivity index (χ2v) is 22.8. The molecule has 5 heterocycles. The van der Waals surface area contributed by atoms with E-state index in [0.29, 0.717) is 6.61 Å². The van der Waals surface area contributed by atoms with E-state index in [1.54, 1.807) is 0 Å². The molecule has 14 rings (SSSR count). The monoisotopic (exact) mass is 926 g/mol. The summed E-state index contributed by atoms with van der Waals surface area (Å²) in [5, 5.41) is 1.11. The molecule has 71 heavy (non-hydrogen) atoms. The number of benzene rings is 8. The highest BCUT2D eigenvalue weighted by Crippen LogP contribution is 2.53. The minimum atomic E-state index is -0.263. The van der Waals surface area contributed by atoms with Gasteiger partial charge in [-0.15, -0.1) is 0 Å². The lowest BCUT2D eigenvalue weighted by Crippen LogP contribution is -2.61. The number of rotatable bonds is 4. The molecule has 348 valence electrons. The van der Waals surface area contributed by atoms with E-state index in [0.717, 1.165) is 74.3 Å². The van der Waals surface area contributed by atoms with Gasteiger partial charge in [0.1, 0.15) is 17.1 Å². The third-order valence-electron chi connectivity index (χ3n) is 16.1. The summed E-state index contributed by atoms with van der Waals surface area (Å²) in [6, 6.07) is 57.0. The molecule has 7 heteroatoms. The normalized spacial score (nSPS) is 15.5. The van der Waals surface area contributed by atoms with Crippen LogP contribution in [0.15, 0.2) is 156 Å². The first-order valence-corrected chi connectivity index (χ1v) is 25.2. The first-order valence-electron chi connectivity index (χ1n) is 25.2. The number of ether oxygens (including phenoxy) is 3. The van der Waals surface area contributed by atoms with Crippen LogP contribution in [0.25, 0.3) is 44.5 Å². The molecular formula is C64H55BN2O4. The van der Waals surface area contributed by atoms with Gasteiger partial charge in [-0.25, -0.2) is 0 Å². The zero-order valence-electron chi connectivity index (χ0n) is 41.7. The first kappa shape index (κ1) is 42.3. The zero-order valence-corrected chi connectivity index (χ0v) is 41.7. The van der Waals surface area contributed by atoms with Crippen molar-refractivity contribution in [2.75, 3.05) is 23.2 Å². The van der Waals surface area contributed by atoms with Gasteiger partial charge in [0, 0.05) is 57.3 Å². The molecule has 0 bridgehead atoms. The Morgan fingerprint density at radius 3 is 1.92 bits per heavy atom. The van der Waals surface area contributed by atoms with Gasteiger partial charge in [0.05, 0.1) is 12.3 Å². The van der Waals surface area contributed by atoms with Gasteiger partial charge in [-0.1, -0.05) is 122 Å². The number of hydrogen-bond donors (Lipinski definition) is 0. The van der Waals surface area contributed by atoms with Crippen molar-refractivity contribution in [3.8, 4) is 50.8 Å². The van der Waals surface area contributed by atoms with Crippen LogP contribution in [0.2, 0.25) is 0 Å². The zero-order chi connectivity index (χ0) is 48.3. The highest BCUT2D eigenvalue weighted by atomic mass is 16.7. The van der Waals surface area contributed by atoms with Crippen LogP contribution in [0.4, 0.5) is 34.1 Å². The van der Waals surface area contributed by atoms with Crippen LogP contribution in [0.1, 0.15) is 83.2 Å². The molecule has 0 fully saturated rings. The lowest BCUT2D eigenvalue weighted by atomic mass is 9.33. The Morgan fingerprint density at radius 2 is 1.17 bits per heavy atom. The van der Waals surface area contributed by atoms with Crippen LogP contribution >= 0.6 is 0 Å². The van der Waals surface area contributed by atoms with E-state index in [9.17, 15) is 0 Å². The molecule has 0 N–H and O–H groups in total. The van der Waals surface area contributed by atoms with Crippen LogP contribution in [0, 0.1) is 0 Å². The van der Waals surface area contributed by atoms with Gasteiger partial charge in [-0.3, -0.25) is 0 Å². The lowest BCUT2D eigenvalue weighted by molar-refractivity contribution is 0.174. The van der Waals surface area contributed by atoms with E-state index in [2.05, 4.69) is 205 Å². The van der Waals surface area contributed by atoms with Gasteiger partial charge in [-0.05, 0) is 156 Å². The van der Waals surface area contributed by atoms with Crippen molar-refractivity contribution in [1.29, 1.82) is 0 Å². The average molecular weight is 927 g/mol. The van der Waals surface area contributed by atoms with Gasteiger partial charge >= 0.3 is 0 Å². The van der Waals surface area contributed by atoms with E-state index in [-0.39, 0.29) is 29.8 Å². The number of fused-ring (bicyclic) bond motifs is 10. The summed E-state index contributed by atoms with van der Waals surface area (Å²) in [6.45, 7) is 19.4. The quantitative estimate of drug-likeness (QED) is 0.164. The number of furan rings is 1. The molecule has 0 amide bonds. The van der Waals surface area contributed by atoms with E-state index in [1.807, 2.05) is 12.1 Å². The van der Waals surface area contributed by atoms with Crippen LogP contribution in [0.5, 0.6) is 17.2 Å². The summed E-state index contributed by atoms with van der Waals surface area (Å²) < 4.78 is 24.8. The first-order chi connectivity index (χ1) is 34.2. The standard InChI is InChI=1S/C64H55BN2O4/c1-62(2,3)42-15-18-44(19-16-42)66-52-23-17-43(63(4,5)6)33-50(52)65-51-35-58-40(25-26-68-58)29-53(51)67(45-20-24-57-60(34-45)70-36-69-57)55-31-41(30-54(66)61(55)65)37-13-21-46-47-22-14-39(28-49(47)64(7,8)48(46)27-37)59-32-38-11-9-10-12-56(38)71-59/h9-24,27-35H,25-26,36H2,1-8H3. The summed E-state index contributed by atoms with van der Waals surface area (Å²) in [7, 11) is 0. The van der Waals surface area contributed by atoms with Crippen LogP contribution in [-0.4, -0.2) is 20.1 Å². The molecule has 5 aliphatic rings. The highest BCUT2D eigenvalue weighted by molar-refractivity contribution is 7.00. The summed E-state index contributed by atoms with van der Waals surface area (Å²) >= 11 is 0. The van der Waals surface area contributed by atoms with Crippen LogP contribution < -0.4 is 40.4 Å². The fourth-order valence-corrected chi connectivity index (χ4v) is 12.2. The smallest absolute Gasteiger partial charge is 0.252 e. The Bertz CT molecular complexity index is 3710. The number of hydrogen-bond acceptors (Lipinski definition) is 6. The minimum absolute atomic E-state index is 0.0112. The molecule has 0 saturated carbocycles. The molecule has 0 atom stereocenters. The summed E-state index contributed by atoms with van der Waals surface area (Å²) in [6.07, 6.45) is 0.872. The minimum Gasteiger partial charge on any atom is -0.493 e. The molecule has 9 aromatic rings. The SMILES string of the molecule is CC(C)(C)c1ccc(N2c3ccc(C(C)(C)C)cc3B3c4cc5c(cc4N(c4ccc6c(c4)OCO6)c4cc(-c6ccc7c(c6)C(C)(C)c6cc(-c8cc9ccccc9o8)ccc6-7)cc2c43)CCO5)cc1. The summed E-state index contributed by atoms with van der Waals surface area (Å²) in [5.74, 6) is 3.39.